The molecule has 8 heteroatoms. The van der Waals surface area contributed by atoms with Gasteiger partial charge in [-0.2, -0.15) is 0 Å². The van der Waals surface area contributed by atoms with Crippen LogP contribution in [-0.4, -0.2) is 73.3 Å². The summed E-state index contributed by atoms with van der Waals surface area (Å²) in [7, 11) is 0. The zero-order valence-corrected chi connectivity index (χ0v) is 18.1. The van der Waals surface area contributed by atoms with Crippen LogP contribution < -0.4 is 15.0 Å². The SMILES string of the molecule is Cc1ccc(Oc2nccnc2N2CCC[C@H](C(=O)NCCN3CCOCC3)C2)cc1. The molecule has 4 rings (SSSR count). The minimum atomic E-state index is -0.0623. The van der Waals surface area contributed by atoms with Gasteiger partial charge in [0.1, 0.15) is 5.75 Å². The number of carbonyl (C=O) groups is 1. The molecular weight excluding hydrogens is 394 g/mol. The summed E-state index contributed by atoms with van der Waals surface area (Å²) in [5.74, 6) is 1.94. The van der Waals surface area contributed by atoms with Gasteiger partial charge in [-0.1, -0.05) is 17.7 Å². The molecule has 0 spiro atoms. The van der Waals surface area contributed by atoms with Crippen molar-refractivity contribution >= 4 is 11.7 Å². The van der Waals surface area contributed by atoms with E-state index < -0.39 is 0 Å². The first-order chi connectivity index (χ1) is 15.2. The van der Waals surface area contributed by atoms with Gasteiger partial charge in [0.25, 0.3) is 5.88 Å². The molecule has 31 heavy (non-hydrogen) atoms. The van der Waals surface area contributed by atoms with Gasteiger partial charge in [0, 0.05) is 51.7 Å². The summed E-state index contributed by atoms with van der Waals surface area (Å²) in [5.41, 5.74) is 1.17. The van der Waals surface area contributed by atoms with Crippen LogP contribution in [0.2, 0.25) is 0 Å². The summed E-state index contributed by atoms with van der Waals surface area (Å²) >= 11 is 0. The first-order valence-electron chi connectivity index (χ1n) is 11.1. The standard InChI is InChI=1S/C23H31N5O3/c1-18-4-6-20(7-5-18)31-23-21(24-8-9-26-23)28-11-2-3-19(17-28)22(29)25-10-12-27-13-15-30-16-14-27/h4-9,19H,2-3,10-17H2,1H3,(H,25,29)/t19-/m0/s1. The van der Waals surface area contributed by atoms with E-state index in [2.05, 4.69) is 25.1 Å². The molecule has 166 valence electrons. The van der Waals surface area contributed by atoms with Gasteiger partial charge in [0.05, 0.1) is 19.1 Å². The number of benzene rings is 1. The first kappa shape index (κ1) is 21.5. The Balaban J connectivity index is 1.34. The molecule has 1 aromatic carbocycles. The Morgan fingerprint density at radius 3 is 2.74 bits per heavy atom. The van der Waals surface area contributed by atoms with E-state index in [1.54, 1.807) is 12.4 Å². The van der Waals surface area contributed by atoms with Gasteiger partial charge in [-0.3, -0.25) is 9.69 Å². The number of nitrogens with one attached hydrogen (secondary N) is 1. The molecule has 0 aliphatic carbocycles. The molecule has 2 aliphatic heterocycles. The highest BCUT2D eigenvalue weighted by molar-refractivity contribution is 5.79. The average molecular weight is 426 g/mol. The summed E-state index contributed by atoms with van der Waals surface area (Å²) in [4.78, 5) is 26.1. The Hall–Kier alpha value is -2.71. The Labute approximate surface area is 183 Å². The topological polar surface area (TPSA) is 79.8 Å². The van der Waals surface area contributed by atoms with Gasteiger partial charge >= 0.3 is 0 Å². The summed E-state index contributed by atoms with van der Waals surface area (Å²) in [6, 6.07) is 7.86. The smallest absolute Gasteiger partial charge is 0.263 e. The maximum atomic E-state index is 12.8. The lowest BCUT2D eigenvalue weighted by atomic mass is 9.97. The van der Waals surface area contributed by atoms with Gasteiger partial charge in [0.2, 0.25) is 5.91 Å². The molecule has 2 fully saturated rings. The fourth-order valence-corrected chi connectivity index (χ4v) is 4.01. The molecule has 2 aromatic rings. The largest absolute Gasteiger partial charge is 0.436 e. The maximum absolute atomic E-state index is 12.8. The third kappa shape index (κ3) is 5.92. The number of aryl methyl sites for hydroxylation is 1. The van der Waals surface area contributed by atoms with Gasteiger partial charge in [-0.25, -0.2) is 9.97 Å². The van der Waals surface area contributed by atoms with Crippen LogP contribution in [0.15, 0.2) is 36.7 Å². The van der Waals surface area contributed by atoms with Gasteiger partial charge in [-0.05, 0) is 31.9 Å². The Bertz CT molecular complexity index is 855. The van der Waals surface area contributed by atoms with Crippen LogP contribution in [0.1, 0.15) is 18.4 Å². The number of amides is 1. The van der Waals surface area contributed by atoms with Crippen LogP contribution in [0.5, 0.6) is 11.6 Å². The predicted molar refractivity (Wildman–Crippen MR) is 118 cm³/mol. The Morgan fingerprint density at radius 2 is 1.94 bits per heavy atom. The number of nitrogens with zero attached hydrogens (tertiary/aromatic N) is 4. The van der Waals surface area contributed by atoms with Crippen LogP contribution in [0.4, 0.5) is 5.82 Å². The van der Waals surface area contributed by atoms with E-state index in [1.807, 2.05) is 31.2 Å². The molecule has 0 radical (unpaired) electrons. The van der Waals surface area contributed by atoms with E-state index in [1.165, 1.54) is 5.56 Å². The number of anilines is 1. The number of rotatable bonds is 7. The van der Waals surface area contributed by atoms with Crippen LogP contribution >= 0.6 is 0 Å². The zero-order chi connectivity index (χ0) is 21.5. The van der Waals surface area contributed by atoms with Crippen molar-refractivity contribution in [1.29, 1.82) is 0 Å². The van der Waals surface area contributed by atoms with Crippen molar-refractivity contribution in [2.45, 2.75) is 19.8 Å². The van der Waals surface area contributed by atoms with Gasteiger partial charge in [-0.15, -0.1) is 0 Å². The molecule has 8 nitrogen and oxygen atoms in total. The second-order valence-corrected chi connectivity index (χ2v) is 8.13. The summed E-state index contributed by atoms with van der Waals surface area (Å²) in [6.07, 6.45) is 5.12. The van der Waals surface area contributed by atoms with Crippen molar-refractivity contribution in [3.05, 3.63) is 42.2 Å². The highest BCUT2D eigenvalue weighted by Crippen LogP contribution is 2.31. The van der Waals surface area contributed by atoms with Crippen molar-refractivity contribution < 1.29 is 14.3 Å². The number of hydrogen-bond donors (Lipinski definition) is 1. The Morgan fingerprint density at radius 1 is 1.16 bits per heavy atom. The number of carbonyl (C=O) groups excluding carboxylic acids is 1. The summed E-state index contributed by atoms with van der Waals surface area (Å²) in [5, 5.41) is 3.12. The number of piperidine rings is 1. The van der Waals surface area contributed by atoms with Crippen molar-refractivity contribution in [2.75, 3.05) is 57.4 Å². The highest BCUT2D eigenvalue weighted by atomic mass is 16.5. The maximum Gasteiger partial charge on any atom is 0.263 e. The lowest BCUT2D eigenvalue weighted by Gasteiger charge is -2.33. The second kappa shape index (κ2) is 10.5. The first-order valence-corrected chi connectivity index (χ1v) is 11.1. The van der Waals surface area contributed by atoms with Crippen molar-refractivity contribution in [2.24, 2.45) is 5.92 Å². The predicted octanol–water partition coefficient (Wildman–Crippen LogP) is 2.24. The van der Waals surface area contributed by atoms with E-state index in [9.17, 15) is 4.79 Å². The fraction of sp³-hybridized carbons (Fsp3) is 0.522. The summed E-state index contributed by atoms with van der Waals surface area (Å²) < 4.78 is 11.4. The monoisotopic (exact) mass is 425 g/mol. The van der Waals surface area contributed by atoms with Crippen molar-refractivity contribution in [3.63, 3.8) is 0 Å². The van der Waals surface area contributed by atoms with Crippen LogP contribution in [0.3, 0.4) is 0 Å². The van der Waals surface area contributed by atoms with Gasteiger partial charge in [0.15, 0.2) is 5.82 Å². The molecule has 1 amide bonds. The lowest BCUT2D eigenvalue weighted by Crippen LogP contribution is -2.46. The normalized spacial score (nSPS) is 19.8. The number of morpholine rings is 1. The molecule has 0 unspecified atom stereocenters. The van der Waals surface area contributed by atoms with E-state index in [0.717, 1.165) is 58.0 Å². The minimum absolute atomic E-state index is 0.0623. The molecule has 0 bridgehead atoms. The zero-order valence-electron chi connectivity index (χ0n) is 18.1. The molecule has 3 heterocycles. The highest BCUT2D eigenvalue weighted by Gasteiger charge is 2.28. The van der Waals surface area contributed by atoms with Crippen LogP contribution in [0.25, 0.3) is 0 Å². The van der Waals surface area contributed by atoms with Crippen LogP contribution in [-0.2, 0) is 9.53 Å². The van der Waals surface area contributed by atoms with E-state index in [-0.39, 0.29) is 11.8 Å². The molecule has 1 N–H and O–H groups in total. The molecule has 2 saturated heterocycles. The average Bonchev–Trinajstić information content (AvgIpc) is 2.82. The molecule has 2 aliphatic rings. The lowest BCUT2D eigenvalue weighted by molar-refractivity contribution is -0.125. The minimum Gasteiger partial charge on any atom is -0.436 e. The van der Waals surface area contributed by atoms with Crippen molar-refractivity contribution in [3.8, 4) is 11.6 Å². The third-order valence-electron chi connectivity index (χ3n) is 5.80. The van der Waals surface area contributed by atoms with Gasteiger partial charge < -0.3 is 19.7 Å². The number of aromatic nitrogens is 2. The second-order valence-electron chi connectivity index (χ2n) is 8.13. The number of ether oxygens (including phenoxy) is 2. The summed E-state index contributed by atoms with van der Waals surface area (Å²) in [6.45, 7) is 8.44. The van der Waals surface area contributed by atoms with E-state index in [4.69, 9.17) is 9.47 Å². The van der Waals surface area contributed by atoms with Crippen LogP contribution in [0, 0.1) is 12.8 Å². The van der Waals surface area contributed by atoms with E-state index in [0.29, 0.717) is 24.8 Å². The molecular formula is C23H31N5O3. The molecule has 1 aromatic heterocycles. The third-order valence-corrected chi connectivity index (χ3v) is 5.80. The Kier molecular flexibility index (Phi) is 7.32. The molecule has 0 saturated carbocycles. The fourth-order valence-electron chi connectivity index (χ4n) is 4.01. The van der Waals surface area contributed by atoms with Crippen molar-refractivity contribution in [1.82, 2.24) is 20.2 Å². The quantitative estimate of drug-likeness (QED) is 0.729. The number of hydrogen-bond acceptors (Lipinski definition) is 7. The van der Waals surface area contributed by atoms with E-state index >= 15 is 0 Å². The molecule has 1 atom stereocenters.